The molecule has 2 heterocycles. The molecule has 5 atom stereocenters. The fourth-order valence-electron chi connectivity index (χ4n) is 5.48. The molecular formula is C31H35NO9. The Morgan fingerprint density at radius 2 is 1.46 bits per heavy atom. The molecule has 0 saturated carbocycles. The second-order valence-corrected chi connectivity index (χ2v) is 9.91. The summed E-state index contributed by atoms with van der Waals surface area (Å²) in [5.41, 5.74) is 1.56. The predicted octanol–water partition coefficient (Wildman–Crippen LogP) is 3.67. The van der Waals surface area contributed by atoms with Crippen molar-refractivity contribution in [3.8, 4) is 17.2 Å². The van der Waals surface area contributed by atoms with Crippen LogP contribution in [0.1, 0.15) is 30.9 Å². The van der Waals surface area contributed by atoms with Gasteiger partial charge in [-0.1, -0.05) is 36.9 Å². The quantitative estimate of drug-likeness (QED) is 0.240. The first-order valence-electron chi connectivity index (χ1n) is 13.2. The van der Waals surface area contributed by atoms with Gasteiger partial charge in [-0.2, -0.15) is 0 Å². The summed E-state index contributed by atoms with van der Waals surface area (Å²) in [4.78, 5) is 39.8. The molecule has 2 aliphatic rings. The average Bonchev–Trinajstić information content (AvgIpc) is 3.09. The number of hydrogen-bond acceptors (Lipinski definition) is 10. The van der Waals surface area contributed by atoms with Gasteiger partial charge in [0.15, 0.2) is 23.7 Å². The maximum absolute atomic E-state index is 13.0. The summed E-state index contributed by atoms with van der Waals surface area (Å²) in [7, 11) is 6.40. The zero-order valence-electron chi connectivity index (χ0n) is 23.8. The van der Waals surface area contributed by atoms with E-state index in [4.69, 9.17) is 28.4 Å². The van der Waals surface area contributed by atoms with Gasteiger partial charge in [-0.3, -0.25) is 9.69 Å². The fourth-order valence-corrected chi connectivity index (χ4v) is 5.48. The first kappa shape index (κ1) is 29.7. The van der Waals surface area contributed by atoms with Crippen LogP contribution in [0.15, 0.2) is 55.1 Å². The zero-order valence-corrected chi connectivity index (χ0v) is 23.8. The second-order valence-electron chi connectivity index (χ2n) is 9.91. The molecule has 2 aliphatic heterocycles. The summed E-state index contributed by atoms with van der Waals surface area (Å²) in [5, 5.41) is 0. The largest absolute Gasteiger partial charge is 0.493 e. The average molecular weight is 566 g/mol. The summed E-state index contributed by atoms with van der Waals surface area (Å²) in [6, 6.07) is 11.8. The van der Waals surface area contributed by atoms with Gasteiger partial charge in [0.2, 0.25) is 5.75 Å². The van der Waals surface area contributed by atoms with Gasteiger partial charge in [-0.05, 0) is 36.4 Å². The molecule has 0 spiro atoms. The summed E-state index contributed by atoms with van der Waals surface area (Å²) in [5.74, 6) is -0.310. The smallest absolute Gasteiger partial charge is 0.338 e. The van der Waals surface area contributed by atoms with Gasteiger partial charge >= 0.3 is 17.9 Å². The Morgan fingerprint density at radius 1 is 0.878 bits per heavy atom. The third kappa shape index (κ3) is 6.54. The monoisotopic (exact) mass is 565 g/mol. The van der Waals surface area contributed by atoms with E-state index in [1.54, 1.807) is 30.3 Å². The van der Waals surface area contributed by atoms with Crippen LogP contribution in [0.3, 0.4) is 0 Å². The van der Waals surface area contributed by atoms with Gasteiger partial charge < -0.3 is 28.4 Å². The van der Waals surface area contributed by atoms with Crippen LogP contribution in [-0.4, -0.2) is 81.6 Å². The molecule has 0 aromatic heterocycles. The lowest BCUT2D eigenvalue weighted by Gasteiger charge is -2.36. The number of hydrogen-bond donors (Lipinski definition) is 0. The van der Waals surface area contributed by atoms with Crippen LogP contribution in [0.25, 0.3) is 11.6 Å². The minimum absolute atomic E-state index is 0.258. The normalized spacial score (nSPS) is 23.5. The van der Waals surface area contributed by atoms with Crippen molar-refractivity contribution in [1.82, 2.24) is 4.90 Å². The van der Waals surface area contributed by atoms with E-state index in [0.29, 0.717) is 41.2 Å². The lowest BCUT2D eigenvalue weighted by Crippen LogP contribution is -2.46. The van der Waals surface area contributed by atoms with Crippen LogP contribution < -0.4 is 14.2 Å². The van der Waals surface area contributed by atoms with Crippen LogP contribution in [0.4, 0.5) is 0 Å². The number of nitrogens with zero attached hydrogens (tertiary/aromatic N) is 1. The molecule has 0 radical (unpaired) electrons. The number of methoxy groups -OCH3 is 3. The Kier molecular flexibility index (Phi) is 9.34. The van der Waals surface area contributed by atoms with Crippen molar-refractivity contribution < 1.29 is 42.8 Å². The van der Waals surface area contributed by atoms with E-state index < -0.39 is 36.2 Å². The number of rotatable bonds is 10. The number of ether oxygens (including phenoxy) is 6. The molecule has 2 aromatic rings. The Balaban J connectivity index is 1.49. The van der Waals surface area contributed by atoms with Crippen LogP contribution >= 0.6 is 0 Å². The number of piperidine rings is 1. The summed E-state index contributed by atoms with van der Waals surface area (Å²) < 4.78 is 33.4. The molecule has 5 unspecified atom stereocenters. The van der Waals surface area contributed by atoms with Crippen LogP contribution in [0, 0.1) is 0 Å². The van der Waals surface area contributed by atoms with E-state index >= 15 is 0 Å². The van der Waals surface area contributed by atoms with E-state index in [1.165, 1.54) is 34.3 Å². The van der Waals surface area contributed by atoms with Crippen molar-refractivity contribution in [1.29, 1.82) is 0 Å². The van der Waals surface area contributed by atoms with Crippen molar-refractivity contribution in [2.75, 3.05) is 28.4 Å². The van der Waals surface area contributed by atoms with E-state index in [9.17, 15) is 14.4 Å². The second kappa shape index (κ2) is 12.9. The van der Waals surface area contributed by atoms with Crippen LogP contribution in [0.5, 0.6) is 17.2 Å². The molecular weight excluding hydrogens is 530 g/mol. The van der Waals surface area contributed by atoms with Crippen molar-refractivity contribution in [3.63, 3.8) is 0 Å². The SMILES string of the molecule is C=C(C(=O)OC1CC2C(OC(C)=O)C(OC(=O)/C=C\c3cc(OC)c(OC)c(OC)c3)C(C1)N2C)c1ccccc1. The minimum atomic E-state index is -0.757. The van der Waals surface area contributed by atoms with Gasteiger partial charge in [0.1, 0.15) is 6.10 Å². The van der Waals surface area contributed by atoms with Crippen molar-refractivity contribution in [2.45, 2.75) is 50.2 Å². The predicted molar refractivity (Wildman–Crippen MR) is 150 cm³/mol. The van der Waals surface area contributed by atoms with Crippen molar-refractivity contribution in [2.24, 2.45) is 0 Å². The van der Waals surface area contributed by atoms with Gasteiger partial charge in [-0.15, -0.1) is 0 Å². The van der Waals surface area contributed by atoms with Crippen LogP contribution in [-0.2, 0) is 28.6 Å². The summed E-state index contributed by atoms with van der Waals surface area (Å²) >= 11 is 0. The Hall–Kier alpha value is -4.31. The number of carbonyl (C=O) groups excluding carboxylic acids is 3. The van der Waals surface area contributed by atoms with Gasteiger partial charge in [0, 0.05) is 25.8 Å². The van der Waals surface area contributed by atoms with Crippen molar-refractivity contribution in [3.05, 3.63) is 66.2 Å². The van der Waals surface area contributed by atoms with Gasteiger partial charge in [0.25, 0.3) is 0 Å². The molecule has 2 bridgehead atoms. The highest BCUT2D eigenvalue weighted by molar-refractivity contribution is 6.15. The van der Waals surface area contributed by atoms with E-state index in [-0.39, 0.29) is 17.7 Å². The lowest BCUT2D eigenvalue weighted by molar-refractivity contribution is -0.161. The molecule has 0 aliphatic carbocycles. The number of likely N-dealkylation sites (N-methyl/N-ethyl adjacent to an activating group) is 1. The molecule has 41 heavy (non-hydrogen) atoms. The highest BCUT2D eigenvalue weighted by atomic mass is 16.6. The third-order valence-electron chi connectivity index (χ3n) is 7.43. The molecule has 0 N–H and O–H groups in total. The summed E-state index contributed by atoms with van der Waals surface area (Å²) in [6.45, 7) is 5.20. The molecule has 2 saturated heterocycles. The molecule has 10 nitrogen and oxygen atoms in total. The first-order valence-corrected chi connectivity index (χ1v) is 13.2. The fraction of sp³-hybridized carbons (Fsp3) is 0.387. The number of benzene rings is 2. The topological polar surface area (TPSA) is 110 Å². The molecule has 10 heteroatoms. The van der Waals surface area contributed by atoms with E-state index in [0.717, 1.165) is 0 Å². The van der Waals surface area contributed by atoms with E-state index in [2.05, 4.69) is 6.58 Å². The van der Waals surface area contributed by atoms with Gasteiger partial charge in [-0.25, -0.2) is 9.59 Å². The van der Waals surface area contributed by atoms with Crippen molar-refractivity contribution >= 4 is 29.6 Å². The zero-order chi connectivity index (χ0) is 29.7. The molecule has 0 amide bonds. The Labute approximate surface area is 239 Å². The number of carbonyl (C=O) groups is 3. The molecule has 2 fully saturated rings. The number of esters is 3. The maximum atomic E-state index is 13.0. The maximum Gasteiger partial charge on any atom is 0.338 e. The molecule has 4 rings (SSSR count). The Morgan fingerprint density at radius 3 is 2.00 bits per heavy atom. The highest BCUT2D eigenvalue weighted by Crippen LogP contribution is 2.41. The lowest BCUT2D eigenvalue weighted by atomic mass is 9.99. The number of fused-ring (bicyclic) bond motifs is 2. The standard InChI is InChI=1S/C31H35NO9/c1-18(21-10-8-7-9-11-21)31(35)40-22-16-23-28(39-19(2)33)29(24(17-22)32(23)3)41-27(34)13-12-20-14-25(36-4)30(38-6)26(15-20)37-5/h7-15,22-24,28-29H,1,16-17H2,2-6H3/b13-12-. The third-order valence-corrected chi connectivity index (χ3v) is 7.43. The van der Waals surface area contributed by atoms with Gasteiger partial charge in [0.05, 0.1) is 39.0 Å². The molecule has 218 valence electrons. The Bertz CT molecular complexity index is 1300. The first-order chi connectivity index (χ1) is 19.7. The minimum Gasteiger partial charge on any atom is -0.493 e. The summed E-state index contributed by atoms with van der Waals surface area (Å²) in [6.07, 6.45) is 1.72. The highest BCUT2D eigenvalue weighted by Gasteiger charge is 2.56. The van der Waals surface area contributed by atoms with E-state index in [1.807, 2.05) is 30.1 Å². The van der Waals surface area contributed by atoms with Crippen LogP contribution in [0.2, 0.25) is 0 Å². The molecule has 2 aromatic carbocycles.